The van der Waals surface area contributed by atoms with Crippen LogP contribution in [0.5, 0.6) is 0 Å². The Balaban J connectivity index is 1.60. The van der Waals surface area contributed by atoms with Crippen LogP contribution in [0.2, 0.25) is 0 Å². The Labute approximate surface area is 219 Å². The molecule has 5 rings (SSSR count). The number of carbonyl (C=O) groups excluding carboxylic acids is 6. The predicted molar refractivity (Wildman–Crippen MR) is 136 cm³/mol. The number of nitrogens with one attached hydrogen (secondary N) is 1. The SMILES string of the molecule is CCCN1C(=O)NC(=O)/C(=C\c2ccc3c(c2)CC2(C(=O)N(C)C(=O)N(C)C2=O)C2CN(C)CCN32)C1=O. The van der Waals surface area contributed by atoms with Crippen LogP contribution < -0.4 is 10.2 Å². The van der Waals surface area contributed by atoms with Crippen LogP contribution in [-0.2, 0) is 25.6 Å². The van der Waals surface area contributed by atoms with E-state index in [9.17, 15) is 28.8 Å². The van der Waals surface area contributed by atoms with E-state index >= 15 is 0 Å². The number of piperazine rings is 1. The van der Waals surface area contributed by atoms with Crippen molar-refractivity contribution in [1.29, 1.82) is 0 Å². The zero-order valence-corrected chi connectivity index (χ0v) is 21.8. The number of carbonyl (C=O) groups is 6. The number of imide groups is 4. The van der Waals surface area contributed by atoms with Gasteiger partial charge in [-0.1, -0.05) is 13.0 Å². The summed E-state index contributed by atoms with van der Waals surface area (Å²) < 4.78 is 0. The van der Waals surface area contributed by atoms with Crippen molar-refractivity contribution in [2.24, 2.45) is 5.41 Å². The van der Waals surface area contributed by atoms with Crippen LogP contribution >= 0.6 is 0 Å². The lowest BCUT2D eigenvalue weighted by molar-refractivity contribution is -0.160. The van der Waals surface area contributed by atoms with E-state index in [0.717, 1.165) is 26.9 Å². The predicted octanol–water partition coefficient (Wildman–Crippen LogP) is 0.272. The molecule has 1 atom stereocenters. The van der Waals surface area contributed by atoms with E-state index < -0.39 is 47.1 Å². The van der Waals surface area contributed by atoms with Crippen molar-refractivity contribution < 1.29 is 28.8 Å². The topological polar surface area (TPSA) is 131 Å². The number of rotatable bonds is 3. The summed E-state index contributed by atoms with van der Waals surface area (Å²) >= 11 is 0. The molecule has 1 aromatic rings. The van der Waals surface area contributed by atoms with E-state index in [-0.39, 0.29) is 18.5 Å². The number of nitrogens with zero attached hydrogens (tertiary/aromatic N) is 5. The quantitative estimate of drug-likeness (QED) is 0.340. The van der Waals surface area contributed by atoms with Gasteiger partial charge in [-0.25, -0.2) is 9.59 Å². The van der Waals surface area contributed by atoms with Gasteiger partial charge in [-0.15, -0.1) is 0 Å². The van der Waals surface area contributed by atoms with E-state index in [0.29, 0.717) is 30.6 Å². The van der Waals surface area contributed by atoms with Crippen molar-refractivity contribution in [3.63, 3.8) is 0 Å². The maximum Gasteiger partial charge on any atom is 0.332 e. The van der Waals surface area contributed by atoms with Gasteiger partial charge in [0.2, 0.25) is 11.8 Å². The van der Waals surface area contributed by atoms with E-state index in [2.05, 4.69) is 15.1 Å². The zero-order valence-electron chi connectivity index (χ0n) is 21.8. The standard InChI is InChI=1S/C26H30N6O6/c1-5-8-32-21(34)17(20(33)27-24(32)37)12-15-6-7-18-16(11-15)13-26(19-14-28(2)9-10-31(18)19)22(35)29(3)25(38)30(4)23(26)36/h6-7,11-12,19H,5,8-10,13-14H2,1-4H3,(H,27,33,37)/b17-12+. The number of hydrogen-bond donors (Lipinski definition) is 1. The molecule has 0 saturated carbocycles. The molecule has 1 N–H and O–H groups in total. The first-order chi connectivity index (χ1) is 18.0. The van der Waals surface area contributed by atoms with Gasteiger partial charge in [0.1, 0.15) is 5.57 Å². The lowest BCUT2D eigenvalue weighted by Crippen LogP contribution is -2.74. The Kier molecular flexibility index (Phi) is 6.09. The molecule has 0 aromatic heterocycles. The molecule has 4 aliphatic heterocycles. The number of anilines is 1. The van der Waals surface area contributed by atoms with Crippen molar-refractivity contribution in [1.82, 2.24) is 24.9 Å². The molecule has 1 aromatic carbocycles. The van der Waals surface area contributed by atoms with Gasteiger partial charge in [-0.05, 0) is 49.2 Å². The van der Waals surface area contributed by atoms with Gasteiger partial charge in [0.05, 0.1) is 6.04 Å². The molecule has 0 bridgehead atoms. The van der Waals surface area contributed by atoms with Crippen LogP contribution in [0.25, 0.3) is 6.08 Å². The Hall–Kier alpha value is -4.06. The highest BCUT2D eigenvalue weighted by Crippen LogP contribution is 2.47. The third kappa shape index (κ3) is 3.62. The van der Waals surface area contributed by atoms with Gasteiger partial charge in [-0.2, -0.15) is 0 Å². The lowest BCUT2D eigenvalue weighted by Gasteiger charge is -2.55. The molecule has 12 nitrogen and oxygen atoms in total. The molecule has 1 spiro atoms. The molecule has 0 radical (unpaired) electrons. The number of amides is 8. The smallest absolute Gasteiger partial charge is 0.332 e. The fourth-order valence-electron chi connectivity index (χ4n) is 5.98. The maximum absolute atomic E-state index is 13.7. The fraction of sp³-hybridized carbons (Fsp3) is 0.462. The second kappa shape index (κ2) is 9.05. The van der Waals surface area contributed by atoms with Gasteiger partial charge >= 0.3 is 12.1 Å². The molecule has 8 amide bonds. The van der Waals surface area contributed by atoms with Crippen molar-refractivity contribution >= 4 is 47.5 Å². The van der Waals surface area contributed by atoms with E-state index in [1.165, 1.54) is 20.2 Å². The molecule has 3 fully saturated rings. The highest BCUT2D eigenvalue weighted by molar-refractivity contribution is 6.31. The highest BCUT2D eigenvalue weighted by Gasteiger charge is 2.63. The first-order valence-corrected chi connectivity index (χ1v) is 12.6. The van der Waals surface area contributed by atoms with Crippen LogP contribution in [0.15, 0.2) is 23.8 Å². The van der Waals surface area contributed by atoms with Crippen LogP contribution in [0.1, 0.15) is 24.5 Å². The molecular formula is C26H30N6O6. The zero-order chi connectivity index (χ0) is 27.5. The third-order valence-corrected chi connectivity index (χ3v) is 7.92. The Bertz CT molecular complexity index is 1300. The summed E-state index contributed by atoms with van der Waals surface area (Å²) in [6.07, 6.45) is 2.03. The molecular weight excluding hydrogens is 492 g/mol. The molecule has 38 heavy (non-hydrogen) atoms. The second-order valence-corrected chi connectivity index (χ2v) is 10.3. The van der Waals surface area contributed by atoms with E-state index in [1.54, 1.807) is 12.1 Å². The van der Waals surface area contributed by atoms with Crippen molar-refractivity contribution in [3.8, 4) is 0 Å². The third-order valence-electron chi connectivity index (χ3n) is 7.92. The Morgan fingerprint density at radius 3 is 2.34 bits per heavy atom. The molecule has 4 heterocycles. The summed E-state index contributed by atoms with van der Waals surface area (Å²) in [5.41, 5.74) is 0.400. The Morgan fingerprint density at radius 2 is 1.68 bits per heavy atom. The number of likely N-dealkylation sites (N-methyl/N-ethyl adjacent to an activating group) is 1. The number of benzene rings is 1. The van der Waals surface area contributed by atoms with E-state index in [1.807, 2.05) is 20.0 Å². The van der Waals surface area contributed by atoms with Crippen molar-refractivity contribution in [3.05, 3.63) is 34.9 Å². The second-order valence-electron chi connectivity index (χ2n) is 10.3. The van der Waals surface area contributed by atoms with Crippen molar-refractivity contribution in [2.75, 3.05) is 52.2 Å². The van der Waals surface area contributed by atoms with Crippen LogP contribution in [0, 0.1) is 5.41 Å². The average molecular weight is 523 g/mol. The molecule has 12 heteroatoms. The van der Waals surface area contributed by atoms with Crippen LogP contribution in [0.3, 0.4) is 0 Å². The minimum atomic E-state index is -1.51. The average Bonchev–Trinajstić information content (AvgIpc) is 2.89. The minimum absolute atomic E-state index is 0.0641. The largest absolute Gasteiger partial charge is 0.364 e. The highest BCUT2D eigenvalue weighted by atomic mass is 16.2. The van der Waals surface area contributed by atoms with Gasteiger partial charge in [0.15, 0.2) is 5.41 Å². The minimum Gasteiger partial charge on any atom is -0.364 e. The van der Waals surface area contributed by atoms with E-state index in [4.69, 9.17) is 0 Å². The number of barbiturate groups is 2. The van der Waals surface area contributed by atoms with Gasteiger partial charge in [-0.3, -0.25) is 39.2 Å². The number of fused-ring (bicyclic) bond motifs is 4. The lowest BCUT2D eigenvalue weighted by atomic mass is 9.67. The number of hydrogen-bond acceptors (Lipinski definition) is 8. The fourth-order valence-corrected chi connectivity index (χ4v) is 5.98. The number of urea groups is 2. The maximum atomic E-state index is 13.7. The first kappa shape index (κ1) is 25.6. The molecule has 200 valence electrons. The van der Waals surface area contributed by atoms with Gasteiger partial charge < -0.3 is 9.80 Å². The van der Waals surface area contributed by atoms with Gasteiger partial charge in [0.25, 0.3) is 11.8 Å². The first-order valence-electron chi connectivity index (χ1n) is 12.6. The summed E-state index contributed by atoms with van der Waals surface area (Å²) in [5, 5.41) is 2.20. The molecule has 3 saturated heterocycles. The summed E-state index contributed by atoms with van der Waals surface area (Å²) in [6, 6.07) is 3.51. The van der Waals surface area contributed by atoms with Crippen LogP contribution in [0.4, 0.5) is 15.3 Å². The van der Waals surface area contributed by atoms with Crippen molar-refractivity contribution in [2.45, 2.75) is 25.8 Å². The van der Waals surface area contributed by atoms with Crippen LogP contribution in [-0.4, -0.2) is 109 Å². The molecule has 1 unspecified atom stereocenters. The van der Waals surface area contributed by atoms with Gasteiger partial charge in [0, 0.05) is 46.0 Å². The summed E-state index contributed by atoms with van der Waals surface area (Å²) in [4.78, 5) is 84.7. The molecule has 4 aliphatic rings. The normalized spacial score (nSPS) is 24.8. The summed E-state index contributed by atoms with van der Waals surface area (Å²) in [5.74, 6) is -2.53. The summed E-state index contributed by atoms with van der Waals surface area (Å²) in [7, 11) is 4.71. The Morgan fingerprint density at radius 1 is 1.00 bits per heavy atom. The monoisotopic (exact) mass is 522 g/mol. The molecule has 0 aliphatic carbocycles. The summed E-state index contributed by atoms with van der Waals surface area (Å²) in [6.45, 7) is 3.76.